The van der Waals surface area contributed by atoms with Crippen molar-refractivity contribution in [2.75, 3.05) is 5.32 Å². The maximum atomic E-state index is 12.4. The lowest BCUT2D eigenvalue weighted by Gasteiger charge is -2.07. The zero-order valence-corrected chi connectivity index (χ0v) is 14.2. The highest BCUT2D eigenvalue weighted by molar-refractivity contribution is 7.13. The number of aromatic nitrogens is 1. The van der Waals surface area contributed by atoms with E-state index in [1.54, 1.807) is 36.5 Å². The van der Waals surface area contributed by atoms with Gasteiger partial charge in [0.2, 0.25) is 5.91 Å². The number of para-hydroxylation sites is 1. The molecule has 0 atom stereocenters. The van der Waals surface area contributed by atoms with E-state index in [2.05, 4.69) is 15.0 Å². The van der Waals surface area contributed by atoms with Crippen molar-refractivity contribution in [3.05, 3.63) is 71.7 Å². The molecule has 0 saturated heterocycles. The number of amides is 1. The Labute approximate surface area is 152 Å². The largest absolute Gasteiger partial charge is 0.434 e. The van der Waals surface area contributed by atoms with E-state index in [1.807, 2.05) is 17.5 Å². The molecule has 3 rings (SSSR count). The Balaban J connectivity index is 1.65. The monoisotopic (exact) mass is 372 g/mol. The van der Waals surface area contributed by atoms with E-state index in [-0.39, 0.29) is 11.7 Å². The molecule has 0 spiro atoms. The van der Waals surface area contributed by atoms with Crippen LogP contribution < -0.4 is 10.1 Å². The molecule has 1 aromatic heterocycles. The molecule has 0 aliphatic carbocycles. The third-order valence-electron chi connectivity index (χ3n) is 3.38. The van der Waals surface area contributed by atoms with Crippen LogP contribution in [0.15, 0.2) is 66.2 Å². The van der Waals surface area contributed by atoms with Crippen molar-refractivity contribution in [1.29, 1.82) is 0 Å². The minimum Gasteiger partial charge on any atom is -0.434 e. The summed E-state index contributed by atoms with van der Waals surface area (Å²) >= 11 is 1.53. The van der Waals surface area contributed by atoms with Gasteiger partial charge in [-0.3, -0.25) is 4.79 Å². The van der Waals surface area contributed by atoms with Crippen LogP contribution >= 0.6 is 11.3 Å². The Hall–Kier alpha value is -3.06. The average molecular weight is 372 g/mol. The van der Waals surface area contributed by atoms with Crippen LogP contribution in [0.25, 0.3) is 16.6 Å². The SMILES string of the molecule is O=C(/C=C/c1ccccc1OC(F)F)Nc1ccc(-c2nccs2)cc1. The fraction of sp³-hybridized carbons (Fsp3) is 0.0526. The highest BCUT2D eigenvalue weighted by Gasteiger charge is 2.07. The predicted molar refractivity (Wildman–Crippen MR) is 98.3 cm³/mol. The minimum atomic E-state index is -2.92. The number of hydrogen-bond donors (Lipinski definition) is 1. The van der Waals surface area contributed by atoms with Crippen LogP contribution in [-0.4, -0.2) is 17.5 Å². The molecule has 1 heterocycles. The van der Waals surface area contributed by atoms with E-state index in [0.717, 1.165) is 10.6 Å². The number of ether oxygens (including phenoxy) is 1. The van der Waals surface area contributed by atoms with Gasteiger partial charge >= 0.3 is 6.61 Å². The molecule has 7 heteroatoms. The van der Waals surface area contributed by atoms with Crippen molar-refractivity contribution in [1.82, 2.24) is 4.98 Å². The summed E-state index contributed by atoms with van der Waals surface area (Å²) in [7, 11) is 0. The molecule has 3 aromatic rings. The fourth-order valence-corrected chi connectivity index (χ4v) is 2.88. The van der Waals surface area contributed by atoms with Crippen LogP contribution in [-0.2, 0) is 4.79 Å². The van der Waals surface area contributed by atoms with Crippen LogP contribution in [0.5, 0.6) is 5.75 Å². The molecule has 2 aromatic carbocycles. The Morgan fingerprint density at radius 3 is 2.62 bits per heavy atom. The van der Waals surface area contributed by atoms with Crippen molar-refractivity contribution in [3.8, 4) is 16.3 Å². The van der Waals surface area contributed by atoms with Gasteiger partial charge in [0.25, 0.3) is 0 Å². The molecule has 0 aliphatic heterocycles. The highest BCUT2D eigenvalue weighted by atomic mass is 32.1. The van der Waals surface area contributed by atoms with E-state index in [9.17, 15) is 13.6 Å². The highest BCUT2D eigenvalue weighted by Crippen LogP contribution is 2.24. The number of alkyl halides is 2. The lowest BCUT2D eigenvalue weighted by atomic mass is 10.2. The number of halogens is 2. The van der Waals surface area contributed by atoms with Crippen molar-refractivity contribution in [3.63, 3.8) is 0 Å². The Morgan fingerprint density at radius 2 is 1.92 bits per heavy atom. The van der Waals surface area contributed by atoms with Crippen LogP contribution in [0.4, 0.5) is 14.5 Å². The molecular formula is C19H14F2N2O2S. The van der Waals surface area contributed by atoms with Crippen LogP contribution in [0.2, 0.25) is 0 Å². The fourth-order valence-electron chi connectivity index (χ4n) is 2.23. The van der Waals surface area contributed by atoms with Crippen LogP contribution in [0, 0.1) is 0 Å². The quantitative estimate of drug-likeness (QED) is 0.615. The molecule has 4 nitrogen and oxygen atoms in total. The van der Waals surface area contributed by atoms with E-state index >= 15 is 0 Å². The molecule has 0 radical (unpaired) electrons. The summed E-state index contributed by atoms with van der Waals surface area (Å²) in [5.74, 6) is -0.363. The van der Waals surface area contributed by atoms with Gasteiger partial charge < -0.3 is 10.1 Å². The number of rotatable bonds is 6. The summed E-state index contributed by atoms with van der Waals surface area (Å²) in [6, 6.07) is 13.5. The zero-order chi connectivity index (χ0) is 18.4. The molecule has 0 unspecified atom stereocenters. The number of hydrogen-bond acceptors (Lipinski definition) is 4. The maximum Gasteiger partial charge on any atom is 0.387 e. The maximum absolute atomic E-state index is 12.4. The number of anilines is 1. The third kappa shape index (κ3) is 4.73. The topological polar surface area (TPSA) is 51.2 Å². The van der Waals surface area contributed by atoms with E-state index in [1.165, 1.54) is 29.6 Å². The molecule has 0 fully saturated rings. The summed E-state index contributed by atoms with van der Waals surface area (Å²) in [6.07, 6.45) is 4.43. The van der Waals surface area contributed by atoms with Crippen molar-refractivity contribution in [2.45, 2.75) is 6.61 Å². The van der Waals surface area contributed by atoms with Crippen molar-refractivity contribution in [2.24, 2.45) is 0 Å². The van der Waals surface area contributed by atoms with Gasteiger partial charge in [-0.2, -0.15) is 8.78 Å². The number of carbonyl (C=O) groups is 1. The summed E-state index contributed by atoms with van der Waals surface area (Å²) in [4.78, 5) is 16.3. The number of carbonyl (C=O) groups excluding carboxylic acids is 1. The first-order chi connectivity index (χ1) is 12.6. The second kappa shape index (κ2) is 8.35. The van der Waals surface area contributed by atoms with Gasteiger partial charge in [0.05, 0.1) is 0 Å². The van der Waals surface area contributed by atoms with Gasteiger partial charge in [0.15, 0.2) is 0 Å². The molecule has 0 saturated carbocycles. The Morgan fingerprint density at radius 1 is 1.15 bits per heavy atom. The first kappa shape index (κ1) is 17.8. The molecule has 26 heavy (non-hydrogen) atoms. The zero-order valence-electron chi connectivity index (χ0n) is 13.4. The smallest absolute Gasteiger partial charge is 0.387 e. The summed E-state index contributed by atoms with van der Waals surface area (Å²) in [5, 5.41) is 5.51. The van der Waals surface area contributed by atoms with Gasteiger partial charge in [-0.05, 0) is 36.4 Å². The molecule has 1 N–H and O–H groups in total. The standard InChI is InChI=1S/C19H14F2N2O2S/c20-19(21)25-16-4-2-1-3-13(16)7-10-17(24)23-15-8-5-14(6-9-15)18-22-11-12-26-18/h1-12,19H,(H,23,24)/b10-7+. The van der Waals surface area contributed by atoms with Crippen molar-refractivity contribution >= 4 is 29.0 Å². The predicted octanol–water partition coefficient (Wildman–Crippen LogP) is 5.06. The lowest BCUT2D eigenvalue weighted by molar-refractivity contribution is -0.111. The molecule has 0 aliphatic rings. The van der Waals surface area contributed by atoms with Gasteiger partial charge in [-0.25, -0.2) is 4.98 Å². The van der Waals surface area contributed by atoms with Crippen LogP contribution in [0.3, 0.4) is 0 Å². The van der Waals surface area contributed by atoms with Gasteiger partial charge in [0, 0.05) is 34.5 Å². The number of nitrogens with zero attached hydrogens (tertiary/aromatic N) is 1. The van der Waals surface area contributed by atoms with Gasteiger partial charge in [0.1, 0.15) is 10.8 Å². The lowest BCUT2D eigenvalue weighted by Crippen LogP contribution is -2.07. The third-order valence-corrected chi connectivity index (χ3v) is 4.20. The molecular weight excluding hydrogens is 358 g/mol. The van der Waals surface area contributed by atoms with Gasteiger partial charge in [-0.1, -0.05) is 18.2 Å². The molecule has 1 amide bonds. The van der Waals surface area contributed by atoms with Crippen LogP contribution in [0.1, 0.15) is 5.56 Å². The number of thiazole rings is 1. The Kier molecular flexibility index (Phi) is 5.70. The summed E-state index contributed by atoms with van der Waals surface area (Å²) < 4.78 is 29.2. The number of benzene rings is 2. The second-order valence-corrected chi connectivity index (χ2v) is 6.05. The molecule has 132 valence electrons. The first-order valence-corrected chi connectivity index (χ1v) is 8.52. The number of nitrogens with one attached hydrogen (secondary N) is 1. The van der Waals surface area contributed by atoms with E-state index in [0.29, 0.717) is 11.3 Å². The summed E-state index contributed by atoms with van der Waals surface area (Å²) in [5.41, 5.74) is 1.98. The van der Waals surface area contributed by atoms with Crippen molar-refractivity contribution < 1.29 is 18.3 Å². The normalized spacial score (nSPS) is 11.0. The Bertz CT molecular complexity index is 894. The van der Waals surface area contributed by atoms with Gasteiger partial charge in [-0.15, -0.1) is 11.3 Å². The second-order valence-electron chi connectivity index (χ2n) is 5.15. The molecule has 0 bridgehead atoms. The van der Waals surface area contributed by atoms with E-state index < -0.39 is 6.61 Å². The summed E-state index contributed by atoms with van der Waals surface area (Å²) in [6.45, 7) is -2.92. The average Bonchev–Trinajstić information content (AvgIpc) is 3.16. The minimum absolute atomic E-state index is 0.0133. The first-order valence-electron chi connectivity index (χ1n) is 7.64. The van der Waals surface area contributed by atoms with E-state index in [4.69, 9.17) is 0 Å².